The van der Waals surface area contributed by atoms with Crippen LogP contribution in [-0.2, 0) is 0 Å². The number of aliphatic hydroxyl groups excluding tert-OH is 1. The van der Waals surface area contributed by atoms with Crippen LogP contribution in [0.5, 0.6) is 0 Å². The molecule has 0 heterocycles. The van der Waals surface area contributed by atoms with Crippen molar-refractivity contribution in [3.63, 3.8) is 0 Å². The highest BCUT2D eigenvalue weighted by molar-refractivity contribution is 5.23. The molecule has 0 fully saturated rings. The first-order valence-corrected chi connectivity index (χ1v) is 5.79. The lowest BCUT2D eigenvalue weighted by Crippen LogP contribution is -2.25. The van der Waals surface area contributed by atoms with E-state index >= 15 is 0 Å². The summed E-state index contributed by atoms with van der Waals surface area (Å²) in [5, 5.41) is 9.18. The van der Waals surface area contributed by atoms with Crippen molar-refractivity contribution in [2.45, 2.75) is 47.0 Å². The van der Waals surface area contributed by atoms with Crippen LogP contribution in [0.25, 0.3) is 0 Å². The molecule has 1 nitrogen and oxygen atoms in total. The summed E-state index contributed by atoms with van der Waals surface area (Å²) in [5.41, 5.74) is 2.20. The van der Waals surface area contributed by atoms with E-state index in [-0.39, 0.29) is 12.0 Å². The van der Waals surface area contributed by atoms with Crippen molar-refractivity contribution in [2.75, 3.05) is 6.61 Å². The van der Waals surface area contributed by atoms with Crippen LogP contribution >= 0.6 is 0 Å². The Bertz CT molecular complexity index is 211. The van der Waals surface area contributed by atoms with Gasteiger partial charge in [0.2, 0.25) is 0 Å². The zero-order chi connectivity index (χ0) is 12.1. The SMILES string of the molecule is C=C(C)C(CCO)(CCC(C)C)C(=C)C. The first kappa shape index (κ1) is 14.4. The molecular formula is C14H26O. The van der Waals surface area contributed by atoms with Crippen molar-refractivity contribution in [3.05, 3.63) is 24.3 Å². The van der Waals surface area contributed by atoms with Gasteiger partial charge < -0.3 is 5.11 Å². The van der Waals surface area contributed by atoms with Crippen LogP contribution < -0.4 is 0 Å². The molecule has 15 heavy (non-hydrogen) atoms. The van der Waals surface area contributed by atoms with Crippen LogP contribution in [0.15, 0.2) is 24.3 Å². The minimum absolute atomic E-state index is 0.0565. The largest absolute Gasteiger partial charge is 0.396 e. The molecule has 0 spiro atoms. The lowest BCUT2D eigenvalue weighted by Gasteiger charge is -2.35. The number of hydrogen-bond acceptors (Lipinski definition) is 1. The molecule has 0 aliphatic carbocycles. The van der Waals surface area contributed by atoms with Crippen LogP contribution in [0, 0.1) is 11.3 Å². The summed E-state index contributed by atoms with van der Waals surface area (Å²) in [5.74, 6) is 0.682. The van der Waals surface area contributed by atoms with E-state index in [1.165, 1.54) is 0 Å². The van der Waals surface area contributed by atoms with Crippen LogP contribution in [0.4, 0.5) is 0 Å². The predicted molar refractivity (Wildman–Crippen MR) is 67.8 cm³/mol. The lowest BCUT2D eigenvalue weighted by molar-refractivity contribution is 0.218. The summed E-state index contributed by atoms with van der Waals surface area (Å²) < 4.78 is 0. The van der Waals surface area contributed by atoms with E-state index in [2.05, 4.69) is 27.0 Å². The smallest absolute Gasteiger partial charge is 0.0442 e. The second kappa shape index (κ2) is 6.12. The standard InChI is InChI=1S/C14H26O/c1-11(2)7-8-14(9-10-15,12(3)4)13(5)6/h11,15H,3,5,7-10H2,1-2,4,6H3. The number of allylic oxidation sites excluding steroid dienone is 2. The number of hydrogen-bond donors (Lipinski definition) is 1. The lowest BCUT2D eigenvalue weighted by atomic mass is 9.69. The van der Waals surface area contributed by atoms with Crippen molar-refractivity contribution in [1.29, 1.82) is 0 Å². The molecular weight excluding hydrogens is 184 g/mol. The van der Waals surface area contributed by atoms with E-state index in [1.54, 1.807) is 0 Å². The highest BCUT2D eigenvalue weighted by atomic mass is 16.3. The van der Waals surface area contributed by atoms with Gasteiger partial charge in [-0.05, 0) is 39.0 Å². The Morgan fingerprint density at radius 2 is 1.60 bits per heavy atom. The maximum Gasteiger partial charge on any atom is 0.0442 e. The Kier molecular flexibility index (Phi) is 5.89. The quantitative estimate of drug-likeness (QED) is 0.631. The van der Waals surface area contributed by atoms with Crippen LogP contribution in [0.1, 0.15) is 47.0 Å². The molecule has 1 N–H and O–H groups in total. The molecule has 0 rings (SSSR count). The summed E-state index contributed by atoms with van der Waals surface area (Å²) in [6.07, 6.45) is 2.96. The molecule has 0 aromatic heterocycles. The molecule has 0 unspecified atom stereocenters. The van der Waals surface area contributed by atoms with Crippen molar-refractivity contribution < 1.29 is 5.11 Å². The predicted octanol–water partition coefficient (Wildman–Crippen LogP) is 3.94. The third kappa shape index (κ3) is 3.83. The fourth-order valence-electron chi connectivity index (χ4n) is 2.07. The molecule has 0 radical (unpaired) electrons. The first-order valence-electron chi connectivity index (χ1n) is 5.79. The molecule has 0 aliphatic rings. The van der Waals surface area contributed by atoms with Crippen LogP contribution in [-0.4, -0.2) is 11.7 Å². The Labute approximate surface area is 94.9 Å². The van der Waals surface area contributed by atoms with Crippen molar-refractivity contribution in [1.82, 2.24) is 0 Å². The van der Waals surface area contributed by atoms with Gasteiger partial charge in [0.15, 0.2) is 0 Å². The van der Waals surface area contributed by atoms with Crippen molar-refractivity contribution in [2.24, 2.45) is 11.3 Å². The maximum absolute atomic E-state index is 9.18. The third-order valence-electron chi connectivity index (χ3n) is 3.32. The maximum atomic E-state index is 9.18. The molecule has 0 bridgehead atoms. The van der Waals surface area contributed by atoms with Gasteiger partial charge in [-0.3, -0.25) is 0 Å². The van der Waals surface area contributed by atoms with E-state index in [1.807, 2.05) is 13.8 Å². The van der Waals surface area contributed by atoms with Gasteiger partial charge in [-0.2, -0.15) is 0 Å². The summed E-state index contributed by atoms with van der Waals surface area (Å²) in [6.45, 7) is 16.9. The summed E-state index contributed by atoms with van der Waals surface area (Å²) in [4.78, 5) is 0. The Hall–Kier alpha value is -0.560. The zero-order valence-electron chi connectivity index (χ0n) is 10.8. The van der Waals surface area contributed by atoms with E-state index in [4.69, 9.17) is 0 Å². The fourth-order valence-corrected chi connectivity index (χ4v) is 2.07. The molecule has 0 saturated heterocycles. The molecule has 0 aromatic carbocycles. The Balaban J connectivity index is 4.79. The average Bonchev–Trinajstić information content (AvgIpc) is 2.10. The van der Waals surface area contributed by atoms with Gasteiger partial charge in [0.05, 0.1) is 0 Å². The van der Waals surface area contributed by atoms with Gasteiger partial charge in [-0.25, -0.2) is 0 Å². The molecule has 0 saturated carbocycles. The van der Waals surface area contributed by atoms with E-state index < -0.39 is 0 Å². The van der Waals surface area contributed by atoms with Gasteiger partial charge in [0, 0.05) is 12.0 Å². The minimum atomic E-state index is -0.0565. The highest BCUT2D eigenvalue weighted by Gasteiger charge is 2.31. The van der Waals surface area contributed by atoms with Crippen LogP contribution in [0.2, 0.25) is 0 Å². The Morgan fingerprint density at radius 1 is 1.13 bits per heavy atom. The Morgan fingerprint density at radius 3 is 1.87 bits per heavy atom. The minimum Gasteiger partial charge on any atom is -0.396 e. The second-order valence-corrected chi connectivity index (χ2v) is 5.05. The second-order valence-electron chi connectivity index (χ2n) is 5.05. The molecule has 0 aliphatic heterocycles. The summed E-state index contributed by atoms with van der Waals surface area (Å²) >= 11 is 0. The van der Waals surface area contributed by atoms with Crippen molar-refractivity contribution >= 4 is 0 Å². The highest BCUT2D eigenvalue weighted by Crippen LogP contribution is 2.42. The van der Waals surface area contributed by atoms with Gasteiger partial charge in [-0.15, -0.1) is 0 Å². The van der Waals surface area contributed by atoms with Gasteiger partial charge in [0.1, 0.15) is 0 Å². The molecule has 0 aromatic rings. The van der Waals surface area contributed by atoms with Gasteiger partial charge in [0.25, 0.3) is 0 Å². The third-order valence-corrected chi connectivity index (χ3v) is 3.32. The molecule has 0 amide bonds. The monoisotopic (exact) mass is 210 g/mol. The number of aliphatic hydroxyl groups is 1. The van der Waals surface area contributed by atoms with Gasteiger partial charge in [-0.1, -0.05) is 38.2 Å². The number of rotatable bonds is 7. The van der Waals surface area contributed by atoms with E-state index in [0.717, 1.165) is 30.4 Å². The zero-order valence-corrected chi connectivity index (χ0v) is 10.8. The topological polar surface area (TPSA) is 20.2 Å². The average molecular weight is 210 g/mol. The molecule has 1 heteroatoms. The fraction of sp³-hybridized carbons (Fsp3) is 0.714. The van der Waals surface area contributed by atoms with Gasteiger partial charge >= 0.3 is 0 Å². The van der Waals surface area contributed by atoms with Crippen molar-refractivity contribution in [3.8, 4) is 0 Å². The van der Waals surface area contributed by atoms with Crippen LogP contribution in [0.3, 0.4) is 0 Å². The van der Waals surface area contributed by atoms with E-state index in [0.29, 0.717) is 5.92 Å². The summed E-state index contributed by atoms with van der Waals surface area (Å²) in [7, 11) is 0. The van der Waals surface area contributed by atoms with E-state index in [9.17, 15) is 5.11 Å². The molecule has 0 atom stereocenters. The summed E-state index contributed by atoms with van der Waals surface area (Å²) in [6, 6.07) is 0. The first-order chi connectivity index (χ1) is 6.86. The molecule has 88 valence electrons. The normalized spacial score (nSPS) is 11.9.